The standard InChI is InChI=1S/C16H11ClN2O3/c17-9-6-7-12(20)11(8-9)19-14-13(15(21)16(14)22)18-10-4-2-1-3-5-10/h1-8,18-20H. The van der Waals surface area contributed by atoms with Gasteiger partial charge in [0.1, 0.15) is 17.1 Å². The predicted octanol–water partition coefficient (Wildman–Crippen LogP) is 3.13. The summed E-state index contributed by atoms with van der Waals surface area (Å²) in [6.45, 7) is 0. The van der Waals surface area contributed by atoms with Gasteiger partial charge in [-0.2, -0.15) is 0 Å². The van der Waals surface area contributed by atoms with Crippen LogP contribution in [0, 0.1) is 0 Å². The highest BCUT2D eigenvalue weighted by atomic mass is 35.5. The molecule has 5 nitrogen and oxygen atoms in total. The van der Waals surface area contributed by atoms with Crippen molar-refractivity contribution in [3.8, 4) is 5.75 Å². The molecule has 0 atom stereocenters. The SMILES string of the molecule is O=c1c(Nc2ccccc2)c(Nc2cc(Cl)ccc2O)c1=O. The van der Waals surface area contributed by atoms with Crippen molar-refractivity contribution in [3.63, 3.8) is 0 Å². The van der Waals surface area contributed by atoms with Crippen LogP contribution in [0.4, 0.5) is 22.7 Å². The number of phenols is 1. The molecule has 0 bridgehead atoms. The lowest BCUT2D eigenvalue weighted by Crippen LogP contribution is -2.35. The van der Waals surface area contributed by atoms with Crippen molar-refractivity contribution >= 4 is 34.4 Å². The molecule has 3 N–H and O–H groups in total. The van der Waals surface area contributed by atoms with Crippen molar-refractivity contribution < 1.29 is 5.11 Å². The first kappa shape index (κ1) is 14.2. The second-order valence-electron chi connectivity index (χ2n) is 4.69. The minimum absolute atomic E-state index is 0.0666. The molecule has 3 aromatic rings. The molecular formula is C16H11ClN2O3. The number of benzene rings is 2. The number of rotatable bonds is 4. The van der Waals surface area contributed by atoms with Crippen LogP contribution in [0.2, 0.25) is 5.02 Å². The summed E-state index contributed by atoms with van der Waals surface area (Å²) in [5.74, 6) is -0.0666. The van der Waals surface area contributed by atoms with E-state index in [9.17, 15) is 14.7 Å². The normalized spacial score (nSPS) is 10.6. The van der Waals surface area contributed by atoms with Gasteiger partial charge in [0.2, 0.25) is 0 Å². The topological polar surface area (TPSA) is 78.4 Å². The van der Waals surface area contributed by atoms with Crippen LogP contribution in [0.3, 0.4) is 0 Å². The highest BCUT2D eigenvalue weighted by Gasteiger charge is 2.22. The summed E-state index contributed by atoms with van der Waals surface area (Å²) in [5.41, 5.74) is -0.0312. The molecule has 3 aromatic carbocycles. The Balaban J connectivity index is 1.92. The van der Waals surface area contributed by atoms with Gasteiger partial charge in [0.25, 0.3) is 10.9 Å². The summed E-state index contributed by atoms with van der Waals surface area (Å²) in [5, 5.41) is 15.8. The maximum Gasteiger partial charge on any atom is 0.253 e. The Labute approximate surface area is 130 Å². The van der Waals surface area contributed by atoms with Gasteiger partial charge in [-0.25, -0.2) is 0 Å². The van der Waals surface area contributed by atoms with Crippen LogP contribution in [-0.2, 0) is 0 Å². The lowest BCUT2D eigenvalue weighted by atomic mass is 10.1. The second kappa shape index (κ2) is 5.54. The molecule has 0 unspecified atom stereocenters. The first-order chi connectivity index (χ1) is 10.6. The molecule has 0 saturated carbocycles. The number of aromatic hydroxyl groups is 1. The molecule has 0 radical (unpaired) electrons. The molecular weight excluding hydrogens is 304 g/mol. The molecule has 0 spiro atoms. The van der Waals surface area contributed by atoms with Gasteiger partial charge in [-0.05, 0) is 30.3 Å². The maximum atomic E-state index is 11.7. The van der Waals surface area contributed by atoms with Crippen molar-refractivity contribution in [1.29, 1.82) is 0 Å². The second-order valence-corrected chi connectivity index (χ2v) is 5.12. The summed E-state index contributed by atoms with van der Waals surface area (Å²) in [7, 11) is 0. The number of phenolic OH excluding ortho intramolecular Hbond substituents is 1. The van der Waals surface area contributed by atoms with E-state index in [0.717, 1.165) is 0 Å². The van der Waals surface area contributed by atoms with Crippen molar-refractivity contribution in [2.75, 3.05) is 10.6 Å². The molecule has 0 fully saturated rings. The lowest BCUT2D eigenvalue weighted by Gasteiger charge is -2.15. The molecule has 0 saturated heterocycles. The van der Waals surface area contributed by atoms with Crippen LogP contribution < -0.4 is 21.5 Å². The fraction of sp³-hybridized carbons (Fsp3) is 0. The monoisotopic (exact) mass is 314 g/mol. The number of hydrogen-bond donors (Lipinski definition) is 3. The Kier molecular flexibility index (Phi) is 3.56. The van der Waals surface area contributed by atoms with Crippen molar-refractivity contribution in [2.45, 2.75) is 0 Å². The number of para-hydroxylation sites is 1. The number of hydrogen-bond acceptors (Lipinski definition) is 5. The van der Waals surface area contributed by atoms with E-state index < -0.39 is 10.9 Å². The molecule has 6 heteroatoms. The zero-order chi connectivity index (χ0) is 15.7. The molecule has 0 aliphatic rings. The van der Waals surface area contributed by atoms with Crippen LogP contribution in [-0.4, -0.2) is 5.11 Å². The van der Waals surface area contributed by atoms with E-state index in [1.807, 2.05) is 18.2 Å². The summed E-state index contributed by atoms with van der Waals surface area (Å²) in [4.78, 5) is 23.5. The highest BCUT2D eigenvalue weighted by Crippen LogP contribution is 2.31. The third kappa shape index (κ3) is 2.54. The molecule has 3 rings (SSSR count). The van der Waals surface area contributed by atoms with Gasteiger partial charge >= 0.3 is 0 Å². The maximum absolute atomic E-state index is 11.7. The van der Waals surface area contributed by atoms with Crippen LogP contribution >= 0.6 is 11.6 Å². The van der Waals surface area contributed by atoms with Gasteiger partial charge in [0.05, 0.1) is 5.69 Å². The minimum atomic E-state index is -0.641. The van der Waals surface area contributed by atoms with Crippen LogP contribution in [0.25, 0.3) is 0 Å². The largest absolute Gasteiger partial charge is 0.506 e. The molecule has 110 valence electrons. The average Bonchev–Trinajstić information content (AvgIpc) is 2.54. The molecule has 0 aliphatic carbocycles. The minimum Gasteiger partial charge on any atom is -0.506 e. The van der Waals surface area contributed by atoms with Crippen LogP contribution in [0.1, 0.15) is 0 Å². The summed E-state index contributed by atoms with van der Waals surface area (Å²) in [6.07, 6.45) is 0. The van der Waals surface area contributed by atoms with E-state index in [2.05, 4.69) is 10.6 Å². The Morgan fingerprint density at radius 1 is 0.864 bits per heavy atom. The van der Waals surface area contributed by atoms with Gasteiger partial charge in [0.15, 0.2) is 0 Å². The van der Waals surface area contributed by atoms with E-state index in [1.54, 1.807) is 12.1 Å². The summed E-state index contributed by atoms with van der Waals surface area (Å²) >= 11 is 5.86. The number of halogens is 1. The fourth-order valence-electron chi connectivity index (χ4n) is 2.04. The van der Waals surface area contributed by atoms with Gasteiger partial charge in [-0.15, -0.1) is 0 Å². The first-order valence-electron chi connectivity index (χ1n) is 6.47. The summed E-state index contributed by atoms with van der Waals surface area (Å²) < 4.78 is 0. The first-order valence-corrected chi connectivity index (χ1v) is 6.85. The Bertz CT molecular complexity index is 900. The van der Waals surface area contributed by atoms with E-state index in [-0.39, 0.29) is 22.8 Å². The number of anilines is 4. The fourth-order valence-corrected chi connectivity index (χ4v) is 2.21. The predicted molar refractivity (Wildman–Crippen MR) is 87.5 cm³/mol. The Morgan fingerprint density at radius 3 is 2.18 bits per heavy atom. The van der Waals surface area contributed by atoms with Gasteiger partial charge < -0.3 is 15.7 Å². The highest BCUT2D eigenvalue weighted by molar-refractivity contribution is 6.31. The van der Waals surface area contributed by atoms with E-state index in [4.69, 9.17) is 11.6 Å². The van der Waals surface area contributed by atoms with Crippen molar-refractivity contribution in [3.05, 3.63) is 74.0 Å². The molecule has 22 heavy (non-hydrogen) atoms. The smallest absolute Gasteiger partial charge is 0.253 e. The molecule has 0 heterocycles. The Morgan fingerprint density at radius 2 is 1.50 bits per heavy atom. The summed E-state index contributed by atoms with van der Waals surface area (Å²) in [6, 6.07) is 13.4. The lowest BCUT2D eigenvalue weighted by molar-refractivity contribution is 0.478. The molecule has 0 aliphatic heterocycles. The molecule has 0 amide bonds. The third-order valence-corrected chi connectivity index (χ3v) is 3.41. The van der Waals surface area contributed by atoms with Gasteiger partial charge in [-0.1, -0.05) is 29.8 Å². The molecule has 0 aromatic heterocycles. The van der Waals surface area contributed by atoms with Crippen LogP contribution in [0.15, 0.2) is 58.1 Å². The third-order valence-electron chi connectivity index (χ3n) is 3.17. The van der Waals surface area contributed by atoms with E-state index >= 15 is 0 Å². The Hall–Kier alpha value is -2.79. The van der Waals surface area contributed by atoms with E-state index in [0.29, 0.717) is 10.7 Å². The number of nitrogens with one attached hydrogen (secondary N) is 2. The van der Waals surface area contributed by atoms with Crippen molar-refractivity contribution in [1.82, 2.24) is 0 Å². The van der Waals surface area contributed by atoms with E-state index in [1.165, 1.54) is 18.2 Å². The quantitative estimate of drug-likeness (QED) is 0.509. The van der Waals surface area contributed by atoms with Crippen molar-refractivity contribution in [2.24, 2.45) is 0 Å². The van der Waals surface area contributed by atoms with Crippen LogP contribution in [0.5, 0.6) is 5.75 Å². The van der Waals surface area contributed by atoms with Gasteiger partial charge in [0, 0.05) is 10.7 Å². The average molecular weight is 315 g/mol. The van der Waals surface area contributed by atoms with Gasteiger partial charge in [-0.3, -0.25) is 9.59 Å². The zero-order valence-electron chi connectivity index (χ0n) is 11.3. The zero-order valence-corrected chi connectivity index (χ0v) is 12.0.